The lowest BCUT2D eigenvalue weighted by Gasteiger charge is -2.28. The Morgan fingerprint density at radius 1 is 0.625 bits per heavy atom. The predicted octanol–water partition coefficient (Wildman–Crippen LogP) is 6.93. The van der Waals surface area contributed by atoms with Crippen LogP contribution in [0.25, 0.3) is 0 Å². The van der Waals surface area contributed by atoms with Gasteiger partial charge in [-0.1, -0.05) is 66.2 Å². The van der Waals surface area contributed by atoms with Crippen LogP contribution in [0.5, 0.6) is 11.5 Å². The van der Waals surface area contributed by atoms with Gasteiger partial charge in [-0.3, -0.25) is 19.2 Å². The summed E-state index contributed by atoms with van der Waals surface area (Å²) >= 11 is 0. The second-order valence-electron chi connectivity index (χ2n) is 12.4. The van der Waals surface area contributed by atoms with Gasteiger partial charge in [-0.2, -0.15) is 0 Å². The SMILES string of the molecule is C=C1C(=O)N(c2cccc(CC(=O)C(C)Oc3ccc(C)cc3C)c2)N(c2cccc(CC(=O)C(C)Oc3ccc(C)cc3C)c2)C1=O. The molecule has 2 unspecified atom stereocenters. The number of rotatable bonds is 12. The van der Waals surface area contributed by atoms with E-state index >= 15 is 0 Å². The molecule has 1 aliphatic heterocycles. The summed E-state index contributed by atoms with van der Waals surface area (Å²) in [4.78, 5) is 53.1. The first-order valence-corrected chi connectivity index (χ1v) is 15.9. The van der Waals surface area contributed by atoms with E-state index in [9.17, 15) is 19.2 Å². The number of ether oxygens (including phenoxy) is 2. The molecule has 0 N–H and O–H groups in total. The van der Waals surface area contributed by atoms with Crippen molar-refractivity contribution in [1.82, 2.24) is 0 Å². The number of hydrogen-bond acceptors (Lipinski definition) is 6. The molecule has 0 spiro atoms. The van der Waals surface area contributed by atoms with E-state index < -0.39 is 24.0 Å². The number of hydrogen-bond donors (Lipinski definition) is 0. The minimum absolute atomic E-state index is 0.0663. The average molecular weight is 645 g/mol. The first-order valence-electron chi connectivity index (χ1n) is 15.9. The van der Waals surface area contributed by atoms with Crippen molar-refractivity contribution in [1.29, 1.82) is 0 Å². The average Bonchev–Trinajstić information content (AvgIpc) is 3.27. The van der Waals surface area contributed by atoms with Gasteiger partial charge in [0.25, 0.3) is 11.8 Å². The number of carbonyl (C=O) groups excluding carboxylic acids is 4. The van der Waals surface area contributed by atoms with Gasteiger partial charge in [-0.05, 0) is 100 Å². The van der Waals surface area contributed by atoms with Crippen molar-refractivity contribution in [2.24, 2.45) is 0 Å². The summed E-state index contributed by atoms with van der Waals surface area (Å²) in [7, 11) is 0. The highest BCUT2D eigenvalue weighted by molar-refractivity contribution is 6.35. The van der Waals surface area contributed by atoms with E-state index in [1.165, 1.54) is 10.0 Å². The Labute approximate surface area is 281 Å². The normalized spacial score (nSPS) is 14.2. The minimum Gasteiger partial charge on any atom is -0.483 e. The largest absolute Gasteiger partial charge is 0.483 e. The molecule has 2 amide bonds. The van der Waals surface area contributed by atoms with Gasteiger partial charge in [0.05, 0.1) is 11.4 Å². The minimum atomic E-state index is -0.694. The number of benzene rings is 4. The van der Waals surface area contributed by atoms with Crippen molar-refractivity contribution in [2.45, 2.75) is 66.6 Å². The third-order valence-electron chi connectivity index (χ3n) is 8.34. The molecule has 1 aliphatic rings. The molecule has 8 nitrogen and oxygen atoms in total. The quantitative estimate of drug-likeness (QED) is 0.123. The second-order valence-corrected chi connectivity index (χ2v) is 12.4. The molecule has 48 heavy (non-hydrogen) atoms. The van der Waals surface area contributed by atoms with Gasteiger partial charge in [0, 0.05) is 12.8 Å². The molecule has 1 heterocycles. The number of anilines is 2. The van der Waals surface area contributed by atoms with Gasteiger partial charge in [-0.15, -0.1) is 0 Å². The van der Waals surface area contributed by atoms with Gasteiger partial charge in [-0.25, -0.2) is 10.0 Å². The predicted molar refractivity (Wildman–Crippen MR) is 186 cm³/mol. The van der Waals surface area contributed by atoms with Crippen LogP contribution in [0.2, 0.25) is 0 Å². The van der Waals surface area contributed by atoms with Gasteiger partial charge < -0.3 is 9.47 Å². The maximum atomic E-state index is 13.4. The van der Waals surface area contributed by atoms with Crippen LogP contribution in [0, 0.1) is 27.7 Å². The van der Waals surface area contributed by atoms with Crippen molar-refractivity contribution >= 4 is 34.8 Å². The molecule has 1 fully saturated rings. The number of nitrogens with zero attached hydrogens (tertiary/aromatic N) is 2. The lowest BCUT2D eigenvalue weighted by Crippen LogP contribution is -2.41. The summed E-state index contributed by atoms with van der Waals surface area (Å²) < 4.78 is 11.9. The number of amides is 2. The van der Waals surface area contributed by atoms with E-state index in [2.05, 4.69) is 6.58 Å². The molecule has 0 aliphatic carbocycles. The highest BCUT2D eigenvalue weighted by atomic mass is 16.5. The fourth-order valence-corrected chi connectivity index (χ4v) is 5.66. The molecule has 2 atom stereocenters. The zero-order chi connectivity index (χ0) is 34.7. The Morgan fingerprint density at radius 2 is 1.02 bits per heavy atom. The van der Waals surface area contributed by atoms with E-state index in [0.29, 0.717) is 34.0 Å². The molecule has 0 saturated carbocycles. The third-order valence-corrected chi connectivity index (χ3v) is 8.34. The first kappa shape index (κ1) is 33.9. The summed E-state index contributed by atoms with van der Waals surface area (Å²) in [6, 6.07) is 25.4. The number of Topliss-reactive ketones (excluding diaryl/α,β-unsaturated/α-hetero) is 2. The Hall–Kier alpha value is -5.50. The number of ketones is 2. The molecular formula is C40H40N2O6. The summed E-state index contributed by atoms with van der Waals surface area (Å²) in [5, 5.41) is 2.50. The molecule has 4 aromatic carbocycles. The van der Waals surface area contributed by atoms with E-state index in [1.807, 2.05) is 64.1 Å². The van der Waals surface area contributed by atoms with Crippen LogP contribution in [0.1, 0.15) is 47.2 Å². The lowest BCUT2D eigenvalue weighted by molar-refractivity contribution is -0.125. The van der Waals surface area contributed by atoms with Crippen molar-refractivity contribution in [3.05, 3.63) is 130 Å². The Kier molecular flexibility index (Phi) is 9.94. The van der Waals surface area contributed by atoms with Crippen LogP contribution in [0.3, 0.4) is 0 Å². The van der Waals surface area contributed by atoms with Crippen LogP contribution < -0.4 is 19.5 Å². The molecule has 4 aromatic rings. The standard InChI is InChI=1S/C40H40N2O6/c1-24-14-16-37(26(3)18-24)47-29(6)35(43)22-31-10-8-12-33(20-31)41-39(45)28(5)40(46)42(41)34-13-9-11-32(21-34)23-36(44)30(7)48-38-17-15-25(2)19-27(38)4/h8-21,29-30H,5,22-23H2,1-4,6-7H3. The van der Waals surface area contributed by atoms with Crippen LogP contribution in [0.4, 0.5) is 11.4 Å². The van der Waals surface area contributed by atoms with E-state index in [4.69, 9.17) is 9.47 Å². The maximum Gasteiger partial charge on any atom is 0.282 e. The number of aryl methyl sites for hydroxylation is 4. The van der Waals surface area contributed by atoms with Crippen LogP contribution in [-0.4, -0.2) is 35.6 Å². The topological polar surface area (TPSA) is 93.2 Å². The molecule has 0 bridgehead atoms. The van der Waals surface area contributed by atoms with Crippen molar-refractivity contribution in [3.63, 3.8) is 0 Å². The molecule has 5 rings (SSSR count). The lowest BCUT2D eigenvalue weighted by atomic mass is 10.0. The highest BCUT2D eigenvalue weighted by Crippen LogP contribution is 2.32. The first-order chi connectivity index (χ1) is 22.8. The zero-order valence-corrected chi connectivity index (χ0v) is 28.2. The van der Waals surface area contributed by atoms with Gasteiger partial charge in [0.15, 0.2) is 23.8 Å². The monoisotopic (exact) mass is 644 g/mol. The maximum absolute atomic E-state index is 13.4. The fourth-order valence-electron chi connectivity index (χ4n) is 5.66. The third kappa shape index (κ3) is 7.39. The van der Waals surface area contributed by atoms with Gasteiger partial charge in [0.2, 0.25) is 0 Å². The van der Waals surface area contributed by atoms with Crippen molar-refractivity contribution in [2.75, 3.05) is 10.0 Å². The molecule has 246 valence electrons. The van der Waals surface area contributed by atoms with Crippen LogP contribution in [0.15, 0.2) is 97.1 Å². The molecule has 1 saturated heterocycles. The Bertz CT molecular complexity index is 1790. The second kappa shape index (κ2) is 14.1. The van der Waals surface area contributed by atoms with E-state index in [0.717, 1.165) is 22.3 Å². The van der Waals surface area contributed by atoms with Crippen LogP contribution >= 0.6 is 0 Å². The summed E-state index contributed by atoms with van der Waals surface area (Å²) in [5.41, 5.74) is 6.03. The zero-order valence-electron chi connectivity index (χ0n) is 28.2. The smallest absolute Gasteiger partial charge is 0.282 e. The molecule has 8 heteroatoms. The molecular weight excluding hydrogens is 604 g/mol. The number of hydrazine groups is 1. The molecule has 0 radical (unpaired) electrons. The Balaban J connectivity index is 1.32. The van der Waals surface area contributed by atoms with Crippen molar-refractivity contribution in [3.8, 4) is 11.5 Å². The molecule has 0 aromatic heterocycles. The highest BCUT2D eigenvalue weighted by Gasteiger charge is 2.42. The summed E-state index contributed by atoms with van der Waals surface area (Å²) in [5.74, 6) is -0.120. The number of carbonyl (C=O) groups is 4. The Morgan fingerprint density at radius 3 is 1.40 bits per heavy atom. The van der Waals surface area contributed by atoms with Crippen molar-refractivity contribution < 1.29 is 28.7 Å². The van der Waals surface area contributed by atoms with E-state index in [-0.39, 0.29) is 30.0 Å². The summed E-state index contributed by atoms with van der Waals surface area (Å²) in [6.45, 7) is 15.0. The van der Waals surface area contributed by atoms with E-state index in [1.54, 1.807) is 62.4 Å². The van der Waals surface area contributed by atoms with Crippen LogP contribution in [-0.2, 0) is 32.0 Å². The summed E-state index contributed by atoms with van der Waals surface area (Å²) in [6.07, 6.45) is -1.25. The fraction of sp³-hybridized carbons (Fsp3) is 0.250. The van der Waals surface area contributed by atoms with Gasteiger partial charge >= 0.3 is 0 Å². The van der Waals surface area contributed by atoms with Gasteiger partial charge in [0.1, 0.15) is 17.1 Å².